The van der Waals surface area contributed by atoms with Crippen LogP contribution in [0.4, 0.5) is 0 Å². The van der Waals surface area contributed by atoms with Crippen LogP contribution in [0, 0.1) is 0 Å². The monoisotopic (exact) mass is 219 g/mol. The Morgan fingerprint density at radius 3 is 2.88 bits per heavy atom. The molecule has 1 aromatic rings. The first kappa shape index (κ1) is 11.6. The zero-order valence-corrected chi connectivity index (χ0v) is 10.1. The summed E-state index contributed by atoms with van der Waals surface area (Å²) in [6.07, 6.45) is 2.45. The van der Waals surface area contributed by atoms with Crippen LogP contribution < -0.4 is 0 Å². The van der Waals surface area contributed by atoms with Gasteiger partial charge in [0.2, 0.25) is 0 Å². The van der Waals surface area contributed by atoms with Gasteiger partial charge in [-0.3, -0.25) is 0 Å². The molecule has 1 atom stereocenters. The third-order valence-corrected chi connectivity index (χ3v) is 3.37. The summed E-state index contributed by atoms with van der Waals surface area (Å²) in [6.45, 7) is 4.51. The van der Waals surface area contributed by atoms with Crippen molar-refractivity contribution in [3.63, 3.8) is 0 Å². The fraction of sp³-hybridized carbons (Fsp3) is 0.571. The maximum atomic E-state index is 5.09. The van der Waals surface area contributed by atoms with Crippen LogP contribution in [-0.4, -0.2) is 38.3 Å². The second-order valence-electron chi connectivity index (χ2n) is 4.54. The molecule has 0 saturated carbocycles. The quantitative estimate of drug-likeness (QED) is 0.706. The van der Waals surface area contributed by atoms with Gasteiger partial charge in [-0.1, -0.05) is 30.3 Å². The van der Waals surface area contributed by atoms with E-state index in [1.54, 1.807) is 7.11 Å². The number of hydrogen-bond donors (Lipinski definition) is 0. The molecule has 0 aromatic heterocycles. The minimum atomic E-state index is 0.740. The molecule has 1 saturated heterocycles. The molecule has 0 aliphatic carbocycles. The van der Waals surface area contributed by atoms with Crippen LogP contribution in [0.15, 0.2) is 30.3 Å². The second-order valence-corrected chi connectivity index (χ2v) is 4.54. The van der Waals surface area contributed by atoms with Gasteiger partial charge in [0.1, 0.15) is 0 Å². The van der Waals surface area contributed by atoms with E-state index >= 15 is 0 Å². The van der Waals surface area contributed by atoms with Crippen LogP contribution in [0.2, 0.25) is 0 Å². The lowest BCUT2D eigenvalue weighted by molar-refractivity contribution is 0.179. The van der Waals surface area contributed by atoms with Gasteiger partial charge in [-0.05, 0) is 30.9 Å². The molecule has 1 unspecified atom stereocenters. The Morgan fingerprint density at radius 2 is 2.12 bits per heavy atom. The van der Waals surface area contributed by atoms with E-state index < -0.39 is 0 Å². The zero-order chi connectivity index (χ0) is 11.2. The fourth-order valence-electron chi connectivity index (χ4n) is 2.47. The first-order chi connectivity index (χ1) is 7.90. The summed E-state index contributed by atoms with van der Waals surface area (Å²) in [6, 6.07) is 10.9. The molecule has 1 fully saturated rings. The highest BCUT2D eigenvalue weighted by Crippen LogP contribution is 2.26. The summed E-state index contributed by atoms with van der Waals surface area (Å²) < 4.78 is 5.09. The molecule has 0 radical (unpaired) electrons. The number of nitrogens with zero attached hydrogens (tertiary/aromatic N) is 1. The van der Waals surface area contributed by atoms with Crippen molar-refractivity contribution in [2.24, 2.45) is 0 Å². The predicted octanol–water partition coefficient (Wildman–Crippen LogP) is 2.51. The summed E-state index contributed by atoms with van der Waals surface area (Å²) in [7, 11) is 1.77. The highest BCUT2D eigenvalue weighted by atomic mass is 16.5. The highest BCUT2D eigenvalue weighted by molar-refractivity contribution is 5.20. The molecule has 88 valence electrons. The zero-order valence-electron chi connectivity index (χ0n) is 10.1. The average Bonchev–Trinajstić information content (AvgIpc) is 2.79. The number of methoxy groups -OCH3 is 1. The van der Waals surface area contributed by atoms with Crippen LogP contribution >= 0.6 is 0 Å². The highest BCUT2D eigenvalue weighted by Gasteiger charge is 2.22. The van der Waals surface area contributed by atoms with E-state index in [9.17, 15) is 0 Å². The van der Waals surface area contributed by atoms with E-state index in [4.69, 9.17) is 4.74 Å². The normalized spacial score (nSPS) is 21.4. The molecule has 1 aliphatic rings. The third-order valence-electron chi connectivity index (χ3n) is 3.37. The number of rotatable bonds is 5. The minimum absolute atomic E-state index is 0.740. The molecule has 0 bridgehead atoms. The minimum Gasteiger partial charge on any atom is -0.385 e. The van der Waals surface area contributed by atoms with E-state index in [1.807, 2.05) is 0 Å². The predicted molar refractivity (Wildman–Crippen MR) is 66.7 cm³/mol. The van der Waals surface area contributed by atoms with Crippen LogP contribution in [-0.2, 0) is 4.74 Å². The summed E-state index contributed by atoms with van der Waals surface area (Å²) >= 11 is 0. The van der Waals surface area contributed by atoms with E-state index in [0.717, 1.165) is 18.9 Å². The average molecular weight is 219 g/mol. The van der Waals surface area contributed by atoms with Gasteiger partial charge in [-0.15, -0.1) is 0 Å². The Hall–Kier alpha value is -0.860. The van der Waals surface area contributed by atoms with Gasteiger partial charge in [0, 0.05) is 26.8 Å². The van der Waals surface area contributed by atoms with Gasteiger partial charge in [0.05, 0.1) is 0 Å². The second kappa shape index (κ2) is 6.02. The summed E-state index contributed by atoms with van der Waals surface area (Å²) in [5.41, 5.74) is 1.50. The topological polar surface area (TPSA) is 12.5 Å². The maximum absolute atomic E-state index is 5.09. The molecule has 0 amide bonds. The Labute approximate surface area is 98.2 Å². The molecule has 1 aromatic carbocycles. The number of ether oxygens (including phenoxy) is 1. The molecule has 0 spiro atoms. The molecular formula is C14H21NO. The first-order valence-electron chi connectivity index (χ1n) is 6.16. The summed E-state index contributed by atoms with van der Waals surface area (Å²) in [4.78, 5) is 2.55. The van der Waals surface area contributed by atoms with Crippen molar-refractivity contribution in [3.05, 3.63) is 35.9 Å². The van der Waals surface area contributed by atoms with Crippen LogP contribution in [0.3, 0.4) is 0 Å². The summed E-state index contributed by atoms with van der Waals surface area (Å²) in [5, 5.41) is 0. The van der Waals surface area contributed by atoms with Crippen molar-refractivity contribution < 1.29 is 4.74 Å². The lowest BCUT2D eigenvalue weighted by atomic mass is 9.99. The largest absolute Gasteiger partial charge is 0.385 e. The Balaban J connectivity index is 1.79. The maximum Gasteiger partial charge on any atom is 0.0474 e. The van der Waals surface area contributed by atoms with Gasteiger partial charge in [-0.2, -0.15) is 0 Å². The van der Waals surface area contributed by atoms with Crippen LogP contribution in [0.1, 0.15) is 24.3 Å². The molecule has 16 heavy (non-hydrogen) atoms. The van der Waals surface area contributed by atoms with Crippen molar-refractivity contribution in [1.29, 1.82) is 0 Å². The standard InChI is InChI=1S/C14H21NO/c1-16-11-5-9-15-10-8-14(12-15)13-6-3-2-4-7-13/h2-4,6-7,14H,5,8-12H2,1H3. The van der Waals surface area contributed by atoms with Gasteiger partial charge in [-0.25, -0.2) is 0 Å². The van der Waals surface area contributed by atoms with Crippen molar-refractivity contribution in [2.75, 3.05) is 33.4 Å². The van der Waals surface area contributed by atoms with E-state index in [2.05, 4.69) is 35.2 Å². The molecular weight excluding hydrogens is 198 g/mol. The van der Waals surface area contributed by atoms with Crippen molar-refractivity contribution in [2.45, 2.75) is 18.8 Å². The SMILES string of the molecule is COCCCN1CCC(c2ccccc2)C1. The molecule has 2 nitrogen and oxygen atoms in total. The molecule has 0 N–H and O–H groups in total. The van der Waals surface area contributed by atoms with E-state index in [-0.39, 0.29) is 0 Å². The molecule has 1 heterocycles. The Morgan fingerprint density at radius 1 is 1.31 bits per heavy atom. The third kappa shape index (κ3) is 3.06. The van der Waals surface area contributed by atoms with Crippen LogP contribution in [0.25, 0.3) is 0 Å². The van der Waals surface area contributed by atoms with Crippen molar-refractivity contribution in [1.82, 2.24) is 4.90 Å². The van der Waals surface area contributed by atoms with Crippen molar-refractivity contribution >= 4 is 0 Å². The molecule has 2 rings (SSSR count). The van der Waals surface area contributed by atoms with Gasteiger partial charge < -0.3 is 9.64 Å². The Bertz CT molecular complexity index is 299. The number of hydrogen-bond acceptors (Lipinski definition) is 2. The smallest absolute Gasteiger partial charge is 0.0474 e. The first-order valence-corrected chi connectivity index (χ1v) is 6.16. The molecule has 1 aliphatic heterocycles. The lowest BCUT2D eigenvalue weighted by Crippen LogP contribution is -2.22. The number of likely N-dealkylation sites (tertiary alicyclic amines) is 1. The molecule has 2 heteroatoms. The van der Waals surface area contributed by atoms with Crippen LogP contribution in [0.5, 0.6) is 0 Å². The van der Waals surface area contributed by atoms with E-state index in [1.165, 1.54) is 31.6 Å². The lowest BCUT2D eigenvalue weighted by Gasteiger charge is -2.15. The van der Waals surface area contributed by atoms with Crippen molar-refractivity contribution in [3.8, 4) is 0 Å². The summed E-state index contributed by atoms with van der Waals surface area (Å²) in [5.74, 6) is 0.740. The van der Waals surface area contributed by atoms with E-state index in [0.29, 0.717) is 0 Å². The van der Waals surface area contributed by atoms with Gasteiger partial charge >= 0.3 is 0 Å². The van der Waals surface area contributed by atoms with Gasteiger partial charge in [0.15, 0.2) is 0 Å². The fourth-order valence-corrected chi connectivity index (χ4v) is 2.47. The Kier molecular flexibility index (Phi) is 4.37. The number of benzene rings is 1. The van der Waals surface area contributed by atoms with Gasteiger partial charge in [0.25, 0.3) is 0 Å².